The Labute approximate surface area is 202 Å². The van der Waals surface area contributed by atoms with Crippen molar-refractivity contribution in [2.24, 2.45) is 5.92 Å². The summed E-state index contributed by atoms with van der Waals surface area (Å²) in [7, 11) is 0. The predicted molar refractivity (Wildman–Crippen MR) is 133 cm³/mol. The fourth-order valence-corrected chi connectivity index (χ4v) is 6.72. The Bertz CT molecular complexity index is 1010. The van der Waals surface area contributed by atoms with E-state index in [4.69, 9.17) is 4.98 Å². The summed E-state index contributed by atoms with van der Waals surface area (Å²) in [5.74, 6) is 2.49. The number of hydrogen-bond acceptors (Lipinski definition) is 6. The molecule has 0 aliphatic carbocycles. The number of nitrogens with zero attached hydrogens (tertiary/aromatic N) is 7. The van der Waals surface area contributed by atoms with Crippen molar-refractivity contribution < 1.29 is 4.79 Å². The van der Waals surface area contributed by atoms with Gasteiger partial charge in [-0.05, 0) is 64.5 Å². The van der Waals surface area contributed by atoms with Gasteiger partial charge in [0.05, 0.1) is 5.92 Å². The van der Waals surface area contributed by atoms with Crippen LogP contribution in [-0.4, -0.2) is 80.5 Å². The van der Waals surface area contributed by atoms with Gasteiger partial charge in [0.25, 0.3) is 0 Å². The Hall–Kier alpha value is -2.22. The first-order valence-electron chi connectivity index (χ1n) is 13.8. The SMILES string of the molecule is O=C([C@@H]1CCCN(c2ncnc3c2nc2n3CCCCC2)C1)N1CCC(N2CCCCC2)CC1. The number of aromatic nitrogens is 4. The van der Waals surface area contributed by atoms with Gasteiger partial charge < -0.3 is 19.3 Å². The maximum absolute atomic E-state index is 13.5. The number of amides is 1. The molecule has 0 N–H and O–H groups in total. The summed E-state index contributed by atoms with van der Waals surface area (Å²) in [6.45, 7) is 7.03. The van der Waals surface area contributed by atoms with Crippen LogP contribution in [0.15, 0.2) is 6.33 Å². The Kier molecular flexibility index (Phi) is 6.41. The van der Waals surface area contributed by atoms with Crippen molar-refractivity contribution in [3.05, 3.63) is 12.2 Å². The Balaban J connectivity index is 1.13. The third-order valence-electron chi connectivity index (χ3n) is 8.63. The van der Waals surface area contributed by atoms with Crippen LogP contribution in [0, 0.1) is 5.92 Å². The van der Waals surface area contributed by atoms with Gasteiger partial charge in [-0.2, -0.15) is 0 Å². The van der Waals surface area contributed by atoms with Gasteiger partial charge in [0.1, 0.15) is 12.2 Å². The molecule has 8 heteroatoms. The van der Waals surface area contributed by atoms with Gasteiger partial charge >= 0.3 is 0 Å². The second kappa shape index (κ2) is 9.80. The smallest absolute Gasteiger partial charge is 0.227 e. The third kappa shape index (κ3) is 4.30. The molecule has 3 fully saturated rings. The fourth-order valence-electron chi connectivity index (χ4n) is 6.72. The van der Waals surface area contributed by atoms with E-state index >= 15 is 0 Å². The van der Waals surface area contributed by atoms with Crippen molar-refractivity contribution in [1.29, 1.82) is 0 Å². The van der Waals surface area contributed by atoms with Gasteiger partial charge in [-0.3, -0.25) is 4.79 Å². The summed E-state index contributed by atoms with van der Waals surface area (Å²) in [6, 6.07) is 0.678. The average molecular weight is 466 g/mol. The van der Waals surface area contributed by atoms with Crippen molar-refractivity contribution in [2.45, 2.75) is 83.2 Å². The van der Waals surface area contributed by atoms with Crippen LogP contribution in [0.3, 0.4) is 0 Å². The van der Waals surface area contributed by atoms with Crippen LogP contribution < -0.4 is 4.90 Å². The van der Waals surface area contributed by atoms with Gasteiger partial charge in [-0.25, -0.2) is 15.0 Å². The second-order valence-corrected chi connectivity index (χ2v) is 10.8. The van der Waals surface area contributed by atoms with Crippen molar-refractivity contribution in [1.82, 2.24) is 29.3 Å². The third-order valence-corrected chi connectivity index (χ3v) is 8.63. The molecular weight excluding hydrogens is 426 g/mol. The minimum Gasteiger partial charge on any atom is -0.354 e. The van der Waals surface area contributed by atoms with Gasteiger partial charge in [0.15, 0.2) is 17.0 Å². The minimum atomic E-state index is 0.0609. The van der Waals surface area contributed by atoms with Crippen molar-refractivity contribution in [2.75, 3.05) is 44.2 Å². The zero-order valence-electron chi connectivity index (χ0n) is 20.5. The first kappa shape index (κ1) is 22.3. The van der Waals surface area contributed by atoms with Crippen molar-refractivity contribution in [3.63, 3.8) is 0 Å². The van der Waals surface area contributed by atoms with E-state index in [1.165, 1.54) is 51.6 Å². The highest BCUT2D eigenvalue weighted by atomic mass is 16.2. The molecule has 1 amide bonds. The molecule has 1 atom stereocenters. The van der Waals surface area contributed by atoms with Crippen LogP contribution in [-0.2, 0) is 17.8 Å². The summed E-state index contributed by atoms with van der Waals surface area (Å²) in [5, 5.41) is 0. The molecule has 6 heterocycles. The lowest BCUT2D eigenvalue weighted by atomic mass is 9.94. The van der Waals surface area contributed by atoms with E-state index in [0.29, 0.717) is 11.9 Å². The normalized spacial score (nSPS) is 25.4. The summed E-state index contributed by atoms with van der Waals surface area (Å²) in [4.78, 5) is 34.9. The predicted octanol–water partition coefficient (Wildman–Crippen LogP) is 3.25. The summed E-state index contributed by atoms with van der Waals surface area (Å²) in [6.07, 6.45) is 14.7. The van der Waals surface area contributed by atoms with Crippen LogP contribution in [0.25, 0.3) is 11.2 Å². The van der Waals surface area contributed by atoms with Crippen LogP contribution in [0.1, 0.15) is 70.0 Å². The van der Waals surface area contributed by atoms with Gasteiger partial charge in [0.2, 0.25) is 5.91 Å². The van der Waals surface area contributed by atoms with Gasteiger partial charge in [-0.15, -0.1) is 0 Å². The number of carbonyl (C=O) groups excluding carboxylic acids is 1. The molecule has 8 nitrogen and oxygen atoms in total. The van der Waals surface area contributed by atoms with Crippen molar-refractivity contribution in [3.8, 4) is 0 Å². The molecule has 4 aliphatic heterocycles. The Morgan fingerprint density at radius 1 is 0.824 bits per heavy atom. The molecule has 0 spiro atoms. The molecule has 34 heavy (non-hydrogen) atoms. The topological polar surface area (TPSA) is 70.4 Å². The van der Waals surface area contributed by atoms with E-state index in [-0.39, 0.29) is 5.92 Å². The molecule has 184 valence electrons. The Morgan fingerprint density at radius 2 is 1.62 bits per heavy atom. The molecule has 3 saturated heterocycles. The standard InChI is InChI=1S/C26H39N7O/c34-26(31-16-10-21(11-17-31)30-12-4-2-5-13-30)20-8-7-14-32(18-20)24-23-25(28-19-27-24)33-15-6-1-3-9-22(33)29-23/h19-21H,1-18H2/t20-/m1/s1. The quantitative estimate of drug-likeness (QED) is 0.693. The Morgan fingerprint density at radius 3 is 2.47 bits per heavy atom. The maximum Gasteiger partial charge on any atom is 0.227 e. The largest absolute Gasteiger partial charge is 0.354 e. The van der Waals surface area contributed by atoms with E-state index < -0.39 is 0 Å². The number of imidazole rings is 1. The zero-order valence-corrected chi connectivity index (χ0v) is 20.5. The molecule has 0 unspecified atom stereocenters. The van der Waals surface area contributed by atoms with Crippen LogP contribution in [0.5, 0.6) is 0 Å². The minimum absolute atomic E-state index is 0.0609. The number of anilines is 1. The van der Waals surface area contributed by atoms with E-state index in [0.717, 1.165) is 87.6 Å². The molecule has 6 rings (SSSR count). The zero-order chi connectivity index (χ0) is 22.9. The first-order valence-corrected chi connectivity index (χ1v) is 13.8. The lowest BCUT2D eigenvalue weighted by Crippen LogP contribution is -2.51. The van der Waals surface area contributed by atoms with Crippen LogP contribution in [0.4, 0.5) is 5.82 Å². The summed E-state index contributed by atoms with van der Waals surface area (Å²) in [5.41, 5.74) is 1.89. The lowest BCUT2D eigenvalue weighted by molar-refractivity contribution is -0.137. The number of likely N-dealkylation sites (tertiary alicyclic amines) is 2. The van der Waals surface area contributed by atoms with Gasteiger partial charge in [-0.1, -0.05) is 12.8 Å². The number of carbonyl (C=O) groups is 1. The van der Waals surface area contributed by atoms with Crippen LogP contribution in [0.2, 0.25) is 0 Å². The number of fused-ring (bicyclic) bond motifs is 3. The second-order valence-electron chi connectivity index (χ2n) is 10.8. The highest BCUT2D eigenvalue weighted by molar-refractivity contribution is 5.85. The molecule has 0 radical (unpaired) electrons. The average Bonchev–Trinajstić information content (AvgIpc) is 3.09. The molecule has 4 aliphatic rings. The number of rotatable bonds is 3. The van der Waals surface area contributed by atoms with E-state index in [9.17, 15) is 4.79 Å². The first-order chi connectivity index (χ1) is 16.8. The molecule has 2 aromatic heterocycles. The summed E-state index contributed by atoms with van der Waals surface area (Å²) < 4.78 is 2.30. The lowest BCUT2D eigenvalue weighted by Gasteiger charge is -2.42. The maximum atomic E-state index is 13.5. The van der Waals surface area contributed by atoms with Crippen molar-refractivity contribution >= 4 is 22.9 Å². The monoisotopic (exact) mass is 465 g/mol. The van der Waals surface area contributed by atoms with E-state index in [1.54, 1.807) is 6.33 Å². The molecule has 0 bridgehead atoms. The molecular formula is C26H39N7O. The molecule has 0 aromatic carbocycles. The highest BCUT2D eigenvalue weighted by Gasteiger charge is 2.34. The van der Waals surface area contributed by atoms with E-state index in [2.05, 4.69) is 29.2 Å². The number of hydrogen-bond donors (Lipinski definition) is 0. The molecule has 2 aromatic rings. The molecule has 0 saturated carbocycles. The summed E-state index contributed by atoms with van der Waals surface area (Å²) >= 11 is 0. The highest BCUT2D eigenvalue weighted by Crippen LogP contribution is 2.30. The number of aryl methyl sites for hydroxylation is 2. The van der Waals surface area contributed by atoms with E-state index in [1.807, 2.05) is 0 Å². The number of piperidine rings is 3. The fraction of sp³-hybridized carbons (Fsp3) is 0.769. The van der Waals surface area contributed by atoms with Crippen LogP contribution >= 0.6 is 0 Å². The van der Waals surface area contributed by atoms with Gasteiger partial charge in [0, 0.05) is 45.2 Å².